The van der Waals surface area contributed by atoms with Crippen LogP contribution in [0.5, 0.6) is 5.75 Å². The van der Waals surface area contributed by atoms with Gasteiger partial charge in [0, 0.05) is 25.8 Å². The van der Waals surface area contributed by atoms with Crippen LogP contribution in [0.3, 0.4) is 0 Å². The van der Waals surface area contributed by atoms with Gasteiger partial charge in [0.2, 0.25) is 0 Å². The van der Waals surface area contributed by atoms with Crippen LogP contribution in [0.2, 0.25) is 0 Å². The maximum absolute atomic E-state index is 12.1. The Morgan fingerprint density at radius 2 is 1.79 bits per heavy atom. The first-order valence-electron chi connectivity index (χ1n) is 7.96. The molecule has 0 aliphatic rings. The summed E-state index contributed by atoms with van der Waals surface area (Å²) >= 11 is 0. The number of hydrogen-bond donors (Lipinski definition) is 2. The molecule has 0 heterocycles. The van der Waals surface area contributed by atoms with Gasteiger partial charge in [-0.05, 0) is 43.2 Å². The highest BCUT2D eigenvalue weighted by molar-refractivity contribution is 5.91. The van der Waals surface area contributed by atoms with E-state index in [1.54, 1.807) is 7.11 Å². The van der Waals surface area contributed by atoms with Crippen molar-refractivity contribution in [3.63, 3.8) is 0 Å². The van der Waals surface area contributed by atoms with Crippen molar-refractivity contribution in [3.05, 3.63) is 54.1 Å². The highest BCUT2D eigenvalue weighted by Crippen LogP contribution is 2.22. The third-order valence-electron chi connectivity index (χ3n) is 3.73. The van der Waals surface area contributed by atoms with Gasteiger partial charge < -0.3 is 20.3 Å². The first-order chi connectivity index (χ1) is 11.5. The highest BCUT2D eigenvalue weighted by atomic mass is 16.5. The van der Waals surface area contributed by atoms with Gasteiger partial charge in [0.05, 0.1) is 12.8 Å². The number of methoxy groups -OCH3 is 1. The molecule has 1 atom stereocenters. The van der Waals surface area contributed by atoms with Crippen molar-refractivity contribution in [1.29, 1.82) is 0 Å². The van der Waals surface area contributed by atoms with Gasteiger partial charge in [0.15, 0.2) is 0 Å². The molecule has 0 bridgehead atoms. The summed E-state index contributed by atoms with van der Waals surface area (Å²) in [5, 5.41) is 5.77. The second kappa shape index (κ2) is 8.24. The normalized spacial score (nSPS) is 11.5. The second-order valence-electron chi connectivity index (χ2n) is 5.96. The van der Waals surface area contributed by atoms with E-state index in [0.29, 0.717) is 11.4 Å². The Balaban J connectivity index is 1.89. The number of carbonyl (C=O) groups is 1. The predicted octanol–water partition coefficient (Wildman–Crippen LogP) is 3.51. The van der Waals surface area contributed by atoms with Gasteiger partial charge in [-0.2, -0.15) is 0 Å². The molecule has 0 fully saturated rings. The fraction of sp³-hybridized carbons (Fsp3) is 0.316. The van der Waals surface area contributed by atoms with E-state index in [1.807, 2.05) is 45.3 Å². The fourth-order valence-electron chi connectivity index (χ4n) is 2.46. The number of amides is 2. The number of carbonyl (C=O) groups excluding carboxylic acids is 1. The smallest absolute Gasteiger partial charge is 0.319 e. The molecule has 2 aromatic carbocycles. The van der Waals surface area contributed by atoms with E-state index in [-0.39, 0.29) is 12.1 Å². The van der Waals surface area contributed by atoms with Crippen LogP contribution in [0.4, 0.5) is 16.2 Å². The van der Waals surface area contributed by atoms with Gasteiger partial charge in [0.1, 0.15) is 5.75 Å². The van der Waals surface area contributed by atoms with Crippen molar-refractivity contribution in [2.75, 3.05) is 31.4 Å². The Hall–Kier alpha value is -2.69. The minimum atomic E-state index is -0.239. The van der Waals surface area contributed by atoms with Crippen LogP contribution in [0.25, 0.3) is 0 Å². The van der Waals surface area contributed by atoms with Gasteiger partial charge in [-0.15, -0.1) is 0 Å². The lowest BCUT2D eigenvalue weighted by atomic mass is 10.1. The fourth-order valence-corrected chi connectivity index (χ4v) is 2.46. The van der Waals surface area contributed by atoms with Crippen molar-refractivity contribution < 1.29 is 9.53 Å². The van der Waals surface area contributed by atoms with Crippen LogP contribution in [-0.2, 0) is 6.42 Å². The molecular formula is C19H25N3O2. The molecule has 2 amide bonds. The summed E-state index contributed by atoms with van der Waals surface area (Å²) in [6, 6.07) is 15.5. The van der Waals surface area contributed by atoms with E-state index in [2.05, 4.69) is 39.8 Å². The molecule has 0 unspecified atom stereocenters. The van der Waals surface area contributed by atoms with Crippen LogP contribution in [0.15, 0.2) is 48.5 Å². The SMILES string of the molecule is COc1ccccc1NC(=O)N[C@@H](C)Cc1ccc(N(C)C)cc1. The van der Waals surface area contributed by atoms with Crippen molar-refractivity contribution in [2.24, 2.45) is 0 Å². The monoisotopic (exact) mass is 327 g/mol. The summed E-state index contributed by atoms with van der Waals surface area (Å²) in [5.74, 6) is 0.638. The number of benzene rings is 2. The number of urea groups is 1. The van der Waals surface area contributed by atoms with Crippen LogP contribution in [-0.4, -0.2) is 33.3 Å². The van der Waals surface area contributed by atoms with Gasteiger partial charge in [-0.1, -0.05) is 24.3 Å². The molecule has 0 aliphatic heterocycles. The van der Waals surface area contributed by atoms with E-state index in [1.165, 1.54) is 5.56 Å². The Bertz CT molecular complexity index is 669. The molecular weight excluding hydrogens is 302 g/mol. The van der Waals surface area contributed by atoms with Crippen molar-refractivity contribution in [2.45, 2.75) is 19.4 Å². The number of para-hydroxylation sites is 2. The van der Waals surface area contributed by atoms with Crippen molar-refractivity contribution >= 4 is 17.4 Å². The molecule has 0 spiro atoms. The number of rotatable bonds is 6. The zero-order valence-electron chi connectivity index (χ0n) is 14.7. The third-order valence-corrected chi connectivity index (χ3v) is 3.73. The van der Waals surface area contributed by atoms with E-state index in [9.17, 15) is 4.79 Å². The molecule has 5 nitrogen and oxygen atoms in total. The Kier molecular flexibility index (Phi) is 6.07. The van der Waals surface area contributed by atoms with Crippen molar-refractivity contribution in [1.82, 2.24) is 5.32 Å². The minimum absolute atomic E-state index is 0.0184. The van der Waals surface area contributed by atoms with Crippen molar-refractivity contribution in [3.8, 4) is 5.75 Å². The third kappa shape index (κ3) is 4.91. The van der Waals surface area contributed by atoms with E-state index in [0.717, 1.165) is 12.1 Å². The molecule has 5 heteroatoms. The van der Waals surface area contributed by atoms with E-state index >= 15 is 0 Å². The highest BCUT2D eigenvalue weighted by Gasteiger charge is 2.10. The summed E-state index contributed by atoms with van der Waals surface area (Å²) in [5.41, 5.74) is 3.00. The molecule has 0 radical (unpaired) electrons. The maximum atomic E-state index is 12.1. The molecule has 0 saturated heterocycles. The van der Waals surface area contributed by atoms with Crippen LogP contribution < -0.4 is 20.3 Å². The van der Waals surface area contributed by atoms with Crippen LogP contribution in [0.1, 0.15) is 12.5 Å². The van der Waals surface area contributed by atoms with Gasteiger partial charge in [-0.3, -0.25) is 0 Å². The number of anilines is 2. The number of nitrogens with zero attached hydrogens (tertiary/aromatic N) is 1. The predicted molar refractivity (Wildman–Crippen MR) is 99.1 cm³/mol. The Morgan fingerprint density at radius 3 is 2.42 bits per heavy atom. The molecule has 0 aromatic heterocycles. The lowest BCUT2D eigenvalue weighted by Crippen LogP contribution is -2.37. The number of hydrogen-bond acceptors (Lipinski definition) is 3. The van der Waals surface area contributed by atoms with Crippen LogP contribution in [0, 0.1) is 0 Å². The van der Waals surface area contributed by atoms with Gasteiger partial charge >= 0.3 is 6.03 Å². The standard InChI is InChI=1S/C19H25N3O2/c1-14(13-15-9-11-16(12-10-15)22(2)3)20-19(23)21-17-7-5-6-8-18(17)24-4/h5-12,14H,13H2,1-4H3,(H2,20,21,23)/t14-/m0/s1. The molecule has 2 N–H and O–H groups in total. The zero-order valence-corrected chi connectivity index (χ0v) is 14.7. The molecule has 24 heavy (non-hydrogen) atoms. The van der Waals surface area contributed by atoms with Gasteiger partial charge in [-0.25, -0.2) is 4.79 Å². The summed E-state index contributed by atoms with van der Waals surface area (Å²) in [6.07, 6.45) is 0.771. The zero-order chi connectivity index (χ0) is 17.5. The molecule has 2 aromatic rings. The average molecular weight is 327 g/mol. The maximum Gasteiger partial charge on any atom is 0.319 e. The first kappa shape index (κ1) is 17.7. The van der Waals surface area contributed by atoms with Gasteiger partial charge in [0.25, 0.3) is 0 Å². The summed E-state index contributed by atoms with van der Waals surface area (Å²) < 4.78 is 5.23. The quantitative estimate of drug-likeness (QED) is 0.853. The lowest BCUT2D eigenvalue weighted by Gasteiger charge is -2.17. The Morgan fingerprint density at radius 1 is 1.12 bits per heavy atom. The number of ether oxygens (including phenoxy) is 1. The topological polar surface area (TPSA) is 53.6 Å². The largest absolute Gasteiger partial charge is 0.495 e. The summed E-state index contributed by atoms with van der Waals surface area (Å²) in [7, 11) is 5.61. The first-order valence-corrected chi connectivity index (χ1v) is 7.96. The molecule has 0 saturated carbocycles. The summed E-state index contributed by atoms with van der Waals surface area (Å²) in [4.78, 5) is 14.2. The minimum Gasteiger partial charge on any atom is -0.495 e. The van der Waals surface area contributed by atoms with E-state index < -0.39 is 0 Å². The number of nitrogens with one attached hydrogen (secondary N) is 2. The summed E-state index contributed by atoms with van der Waals surface area (Å²) in [6.45, 7) is 1.99. The lowest BCUT2D eigenvalue weighted by molar-refractivity contribution is 0.249. The molecule has 2 rings (SSSR count). The molecule has 128 valence electrons. The average Bonchev–Trinajstić information content (AvgIpc) is 2.55. The van der Waals surface area contributed by atoms with E-state index in [4.69, 9.17) is 4.74 Å². The van der Waals surface area contributed by atoms with Crippen LogP contribution >= 0.6 is 0 Å². The second-order valence-corrected chi connectivity index (χ2v) is 5.96. The molecule has 0 aliphatic carbocycles. The Labute approximate surface area is 143 Å².